The van der Waals surface area contributed by atoms with E-state index in [1.165, 1.54) is 0 Å². The molecule has 1 heterocycles. The molecule has 320 valence electrons. The smallest absolute Gasteiger partial charge is 0.224 e. The van der Waals surface area contributed by atoms with E-state index in [1.54, 1.807) is 0 Å². The van der Waals surface area contributed by atoms with Gasteiger partial charge < -0.3 is 15.4 Å². The quantitative estimate of drug-likeness (QED) is 0.0835. The number of amides is 2. The number of nitrogens with zero attached hydrogens (tertiary/aromatic N) is 1. The molecule has 1 aliphatic carbocycles. The van der Waals surface area contributed by atoms with Crippen molar-refractivity contribution in [3.63, 3.8) is 0 Å². The zero-order chi connectivity index (χ0) is 41.9. The average Bonchev–Trinajstić information content (AvgIpc) is 3.96. The highest BCUT2D eigenvalue weighted by Gasteiger charge is 2.48. The van der Waals surface area contributed by atoms with Crippen LogP contribution in [0.3, 0.4) is 0 Å². The lowest BCUT2D eigenvalue weighted by atomic mass is 9.87. The summed E-state index contributed by atoms with van der Waals surface area (Å²) in [6, 6.07) is 18.2. The number of ether oxygens (including phenoxy) is 1. The van der Waals surface area contributed by atoms with Crippen LogP contribution in [0.1, 0.15) is 129 Å². The summed E-state index contributed by atoms with van der Waals surface area (Å²) in [4.78, 5) is 72.0. The molecule has 0 radical (unpaired) electrons. The summed E-state index contributed by atoms with van der Waals surface area (Å²) in [5, 5.41) is 6.18. The minimum atomic E-state index is -0.802. The number of ketones is 3. The highest BCUT2D eigenvalue weighted by molar-refractivity contribution is 5.97. The molecular weight excluding hydrogens is 727 g/mol. The Kier molecular flexibility index (Phi) is 19.8. The van der Waals surface area contributed by atoms with E-state index in [2.05, 4.69) is 15.5 Å². The second-order valence-corrected chi connectivity index (χ2v) is 18.3. The fourth-order valence-electron chi connectivity index (χ4n) is 8.12. The topological polar surface area (TPSA) is 122 Å². The largest absolute Gasteiger partial charge is 0.379 e. The second-order valence-electron chi connectivity index (χ2n) is 18.3. The van der Waals surface area contributed by atoms with Gasteiger partial charge in [-0.2, -0.15) is 0 Å². The Bertz CT molecular complexity index is 1570. The van der Waals surface area contributed by atoms with Gasteiger partial charge in [-0.1, -0.05) is 115 Å². The van der Waals surface area contributed by atoms with E-state index in [1.807, 2.05) is 95.3 Å². The third-order valence-corrected chi connectivity index (χ3v) is 12.0. The summed E-state index contributed by atoms with van der Waals surface area (Å²) in [5.74, 6) is -1.63. The predicted octanol–water partition coefficient (Wildman–Crippen LogP) is 8.12. The number of unbranched alkanes of at least 4 members (excludes halogenated alkanes) is 4. The van der Waals surface area contributed by atoms with Crippen LogP contribution in [-0.2, 0) is 41.6 Å². The SMILES string of the molecule is CC(C)CC(NC(=O)C(CC(=O)[C@H](CC(C)C)NC(=O)[C@H](CCc1ccccc1)CC(=O)CCCCCCCN1CCOCC1)Cc1ccccc1)C(=O)C1(C)CC1. The third-order valence-electron chi connectivity index (χ3n) is 12.0. The lowest BCUT2D eigenvalue weighted by Crippen LogP contribution is -2.49. The van der Waals surface area contributed by atoms with Gasteiger partial charge >= 0.3 is 0 Å². The average molecular weight is 800 g/mol. The third kappa shape index (κ3) is 16.9. The Labute approximate surface area is 349 Å². The van der Waals surface area contributed by atoms with Crippen molar-refractivity contribution >= 4 is 29.2 Å². The molecule has 4 atom stereocenters. The number of hydrogen-bond donors (Lipinski definition) is 2. The van der Waals surface area contributed by atoms with Gasteiger partial charge in [-0.15, -0.1) is 0 Å². The molecule has 2 aliphatic rings. The number of carbonyl (C=O) groups is 5. The number of Topliss-reactive ketones (excluding diaryl/α,β-unsaturated/α-hetero) is 3. The summed E-state index contributed by atoms with van der Waals surface area (Å²) in [6.45, 7) is 14.8. The summed E-state index contributed by atoms with van der Waals surface area (Å²) < 4.78 is 5.44. The molecule has 1 aliphatic heterocycles. The minimum Gasteiger partial charge on any atom is -0.379 e. The van der Waals surface area contributed by atoms with Crippen molar-refractivity contribution in [2.24, 2.45) is 29.1 Å². The van der Waals surface area contributed by atoms with Gasteiger partial charge in [0.05, 0.1) is 25.3 Å². The number of benzene rings is 2. The molecule has 2 unspecified atom stereocenters. The van der Waals surface area contributed by atoms with Gasteiger partial charge in [0.15, 0.2) is 11.6 Å². The number of aryl methyl sites for hydroxylation is 1. The highest BCUT2D eigenvalue weighted by atomic mass is 16.5. The Hall–Kier alpha value is -3.69. The van der Waals surface area contributed by atoms with Gasteiger partial charge in [-0.3, -0.25) is 28.9 Å². The maximum atomic E-state index is 14.3. The molecule has 1 saturated carbocycles. The van der Waals surface area contributed by atoms with Crippen LogP contribution in [-0.4, -0.2) is 79.0 Å². The van der Waals surface area contributed by atoms with Crippen molar-refractivity contribution < 1.29 is 28.7 Å². The predicted molar refractivity (Wildman–Crippen MR) is 231 cm³/mol. The Balaban J connectivity index is 1.41. The summed E-state index contributed by atoms with van der Waals surface area (Å²) in [7, 11) is 0. The van der Waals surface area contributed by atoms with Crippen LogP contribution in [0, 0.1) is 29.1 Å². The van der Waals surface area contributed by atoms with E-state index in [-0.39, 0.29) is 53.8 Å². The molecular formula is C49H73N3O6. The first-order valence-electron chi connectivity index (χ1n) is 22.4. The zero-order valence-corrected chi connectivity index (χ0v) is 36.3. The molecule has 2 aromatic rings. The van der Waals surface area contributed by atoms with E-state index in [4.69, 9.17) is 4.74 Å². The number of morpholine rings is 1. The van der Waals surface area contributed by atoms with Crippen LogP contribution in [0.25, 0.3) is 0 Å². The van der Waals surface area contributed by atoms with Gasteiger partial charge in [0.1, 0.15) is 5.78 Å². The molecule has 58 heavy (non-hydrogen) atoms. The van der Waals surface area contributed by atoms with Crippen LogP contribution >= 0.6 is 0 Å². The molecule has 4 rings (SSSR count). The number of hydrogen-bond acceptors (Lipinski definition) is 7. The van der Waals surface area contributed by atoms with E-state index in [0.29, 0.717) is 38.5 Å². The van der Waals surface area contributed by atoms with Crippen molar-refractivity contribution in [2.45, 2.75) is 143 Å². The number of nitrogens with one attached hydrogen (secondary N) is 2. The molecule has 2 aromatic carbocycles. The van der Waals surface area contributed by atoms with Gasteiger partial charge in [0.2, 0.25) is 11.8 Å². The molecule has 0 spiro atoms. The fourth-order valence-corrected chi connectivity index (χ4v) is 8.12. The van der Waals surface area contributed by atoms with Gasteiger partial charge in [0.25, 0.3) is 0 Å². The molecule has 2 amide bonds. The van der Waals surface area contributed by atoms with E-state index >= 15 is 0 Å². The van der Waals surface area contributed by atoms with Crippen LogP contribution in [0.15, 0.2) is 60.7 Å². The summed E-state index contributed by atoms with van der Waals surface area (Å²) >= 11 is 0. The van der Waals surface area contributed by atoms with Gasteiger partial charge in [-0.25, -0.2) is 0 Å². The zero-order valence-electron chi connectivity index (χ0n) is 36.3. The lowest BCUT2D eigenvalue weighted by molar-refractivity contribution is -0.135. The molecule has 2 fully saturated rings. The molecule has 9 heteroatoms. The van der Waals surface area contributed by atoms with Gasteiger partial charge in [-0.05, 0) is 87.3 Å². The normalized spacial score (nSPS) is 17.3. The van der Waals surface area contributed by atoms with Crippen LogP contribution in [0.4, 0.5) is 0 Å². The van der Waals surface area contributed by atoms with E-state index in [0.717, 1.165) is 88.9 Å². The van der Waals surface area contributed by atoms with Crippen molar-refractivity contribution in [3.05, 3.63) is 71.8 Å². The first kappa shape index (κ1) is 47.0. The van der Waals surface area contributed by atoms with E-state index in [9.17, 15) is 24.0 Å². The van der Waals surface area contributed by atoms with Crippen molar-refractivity contribution in [1.29, 1.82) is 0 Å². The number of rotatable bonds is 28. The van der Waals surface area contributed by atoms with Crippen molar-refractivity contribution in [3.8, 4) is 0 Å². The molecule has 2 N–H and O–H groups in total. The second kappa shape index (κ2) is 24.4. The standard InChI is InChI=1S/C49H73N3O6/c1-36(2)31-43(45(54)35-41(33-39-19-13-10-14-20-39)48(57)51-44(32-37(3)4)46(55)49(5)24-25-49)50-47(56)40(23-22-38-17-11-9-12-18-38)34-42(53)21-15-7-6-8-16-26-52-27-29-58-30-28-52/h9-14,17-20,36-37,40-41,43-44H,6-8,15-16,21-35H2,1-5H3,(H,50,56)(H,51,57)/t40-,41?,43+,44?/m1/s1. The summed E-state index contributed by atoms with van der Waals surface area (Å²) in [5.41, 5.74) is 1.62. The monoisotopic (exact) mass is 800 g/mol. The van der Waals surface area contributed by atoms with Gasteiger partial charge in [0, 0.05) is 49.6 Å². The Morgan fingerprint density at radius 2 is 1.24 bits per heavy atom. The number of carbonyl (C=O) groups excluding carboxylic acids is 5. The lowest BCUT2D eigenvalue weighted by Gasteiger charge is -2.27. The maximum absolute atomic E-state index is 14.3. The van der Waals surface area contributed by atoms with Crippen molar-refractivity contribution in [2.75, 3.05) is 32.8 Å². The summed E-state index contributed by atoms with van der Waals surface area (Å²) in [6.07, 6.45) is 9.79. The molecule has 9 nitrogen and oxygen atoms in total. The molecule has 1 saturated heterocycles. The van der Waals surface area contributed by atoms with Crippen molar-refractivity contribution in [1.82, 2.24) is 15.5 Å². The fraction of sp³-hybridized carbons (Fsp3) is 0.653. The first-order chi connectivity index (χ1) is 27.8. The van der Waals surface area contributed by atoms with Crippen LogP contribution in [0.2, 0.25) is 0 Å². The molecule has 0 bridgehead atoms. The van der Waals surface area contributed by atoms with Crippen LogP contribution < -0.4 is 10.6 Å². The molecule has 0 aromatic heterocycles. The highest BCUT2D eigenvalue weighted by Crippen LogP contribution is 2.47. The van der Waals surface area contributed by atoms with Crippen LogP contribution in [0.5, 0.6) is 0 Å². The van der Waals surface area contributed by atoms with E-state index < -0.39 is 29.3 Å². The Morgan fingerprint density at radius 3 is 1.86 bits per heavy atom. The Morgan fingerprint density at radius 1 is 0.690 bits per heavy atom. The minimum absolute atomic E-state index is 0.0693. The first-order valence-corrected chi connectivity index (χ1v) is 22.4. The maximum Gasteiger partial charge on any atom is 0.224 e.